The number of nitrogens with zero attached hydrogens (tertiary/aromatic N) is 1. The van der Waals surface area contributed by atoms with Crippen LogP contribution in [0.1, 0.15) is 44.9 Å². The zero-order valence-corrected chi connectivity index (χ0v) is 10.6. The fourth-order valence-corrected chi connectivity index (χ4v) is 2.96. The van der Waals surface area contributed by atoms with Crippen LogP contribution < -0.4 is 5.32 Å². The number of nitrogens with one attached hydrogen (secondary N) is 1. The van der Waals surface area contributed by atoms with Gasteiger partial charge in [0.1, 0.15) is 6.17 Å². The van der Waals surface area contributed by atoms with Gasteiger partial charge in [-0.1, -0.05) is 25.7 Å². The number of carbonyl (C=O) groups is 1. The Kier molecular flexibility index (Phi) is 4.37. The van der Waals surface area contributed by atoms with Gasteiger partial charge in [0, 0.05) is 19.0 Å². The standard InChI is InChI=1S/C13H23FN2O/c1-16-9-10(14)8-12(16)13(17)15-11-6-4-2-3-5-7-11/h10-12H,2-9H2,1H3,(H,15,17)/t10-,12-/m0/s1. The van der Waals surface area contributed by atoms with Crippen LogP contribution in [-0.2, 0) is 4.79 Å². The van der Waals surface area contributed by atoms with Crippen LogP contribution in [0, 0.1) is 0 Å². The zero-order chi connectivity index (χ0) is 12.3. The minimum Gasteiger partial charge on any atom is -0.352 e. The summed E-state index contributed by atoms with van der Waals surface area (Å²) < 4.78 is 13.2. The Balaban J connectivity index is 1.83. The molecule has 1 heterocycles. The molecule has 4 heteroatoms. The van der Waals surface area contributed by atoms with Gasteiger partial charge in [-0.2, -0.15) is 0 Å². The topological polar surface area (TPSA) is 32.3 Å². The van der Waals surface area contributed by atoms with Crippen LogP contribution in [0.15, 0.2) is 0 Å². The number of halogens is 1. The van der Waals surface area contributed by atoms with E-state index in [1.807, 2.05) is 11.9 Å². The van der Waals surface area contributed by atoms with Gasteiger partial charge in [0.15, 0.2) is 0 Å². The summed E-state index contributed by atoms with van der Waals surface area (Å²) in [6, 6.07) is 0.0605. The molecule has 0 unspecified atom stereocenters. The van der Waals surface area contributed by atoms with Gasteiger partial charge in [0.25, 0.3) is 0 Å². The lowest BCUT2D eigenvalue weighted by Crippen LogP contribution is -2.45. The van der Waals surface area contributed by atoms with Gasteiger partial charge < -0.3 is 5.32 Å². The summed E-state index contributed by atoms with van der Waals surface area (Å²) in [4.78, 5) is 13.9. The first kappa shape index (κ1) is 12.8. The van der Waals surface area contributed by atoms with E-state index >= 15 is 0 Å². The van der Waals surface area contributed by atoms with Crippen LogP contribution in [0.4, 0.5) is 4.39 Å². The van der Waals surface area contributed by atoms with Gasteiger partial charge in [-0.3, -0.25) is 9.69 Å². The van der Waals surface area contributed by atoms with Crippen LogP contribution >= 0.6 is 0 Å². The molecular formula is C13H23FN2O. The van der Waals surface area contributed by atoms with Crippen LogP contribution in [0.5, 0.6) is 0 Å². The highest BCUT2D eigenvalue weighted by atomic mass is 19.1. The minimum absolute atomic E-state index is 0.0274. The molecule has 2 atom stereocenters. The van der Waals surface area contributed by atoms with E-state index < -0.39 is 6.17 Å². The van der Waals surface area contributed by atoms with E-state index in [1.54, 1.807) is 0 Å². The third kappa shape index (κ3) is 3.41. The van der Waals surface area contributed by atoms with Crippen LogP contribution in [0.25, 0.3) is 0 Å². The lowest BCUT2D eigenvalue weighted by Gasteiger charge is -2.22. The second kappa shape index (κ2) is 5.80. The van der Waals surface area contributed by atoms with Crippen molar-refractivity contribution in [2.45, 2.75) is 63.2 Å². The minimum atomic E-state index is -0.843. The molecule has 0 aromatic rings. The number of likely N-dealkylation sites (tertiary alicyclic amines) is 1. The van der Waals surface area contributed by atoms with Crippen molar-refractivity contribution in [2.75, 3.05) is 13.6 Å². The van der Waals surface area contributed by atoms with Crippen molar-refractivity contribution in [1.82, 2.24) is 10.2 Å². The van der Waals surface area contributed by atoms with Gasteiger partial charge in [0.05, 0.1) is 6.04 Å². The van der Waals surface area contributed by atoms with E-state index in [4.69, 9.17) is 0 Å². The van der Waals surface area contributed by atoms with Crippen LogP contribution in [0.3, 0.4) is 0 Å². The normalized spacial score (nSPS) is 32.4. The maximum absolute atomic E-state index is 13.2. The van der Waals surface area contributed by atoms with E-state index in [2.05, 4.69) is 5.32 Å². The van der Waals surface area contributed by atoms with Crippen molar-refractivity contribution >= 4 is 5.91 Å². The van der Waals surface area contributed by atoms with E-state index in [0.29, 0.717) is 19.0 Å². The largest absolute Gasteiger partial charge is 0.352 e. The van der Waals surface area contributed by atoms with Crippen molar-refractivity contribution in [1.29, 1.82) is 0 Å². The lowest BCUT2D eigenvalue weighted by atomic mass is 10.1. The van der Waals surface area contributed by atoms with Crippen molar-refractivity contribution < 1.29 is 9.18 Å². The Morgan fingerprint density at radius 3 is 2.41 bits per heavy atom. The first-order chi connectivity index (χ1) is 8.16. The van der Waals surface area contributed by atoms with Crippen molar-refractivity contribution in [3.63, 3.8) is 0 Å². The number of likely N-dealkylation sites (N-methyl/N-ethyl adjacent to an activating group) is 1. The highest BCUT2D eigenvalue weighted by molar-refractivity contribution is 5.82. The van der Waals surface area contributed by atoms with Crippen LogP contribution in [-0.4, -0.2) is 42.7 Å². The molecular weight excluding hydrogens is 219 g/mol. The van der Waals surface area contributed by atoms with Gasteiger partial charge in [-0.15, -0.1) is 0 Å². The van der Waals surface area contributed by atoms with E-state index in [9.17, 15) is 9.18 Å². The number of hydrogen-bond donors (Lipinski definition) is 1. The molecule has 1 saturated heterocycles. The number of carbonyl (C=O) groups excluding carboxylic acids is 1. The highest BCUT2D eigenvalue weighted by Crippen LogP contribution is 2.21. The molecule has 2 fully saturated rings. The first-order valence-electron chi connectivity index (χ1n) is 6.81. The van der Waals surface area contributed by atoms with Gasteiger partial charge >= 0.3 is 0 Å². The van der Waals surface area contributed by atoms with Crippen LogP contribution in [0.2, 0.25) is 0 Å². The molecule has 0 bridgehead atoms. The fourth-order valence-electron chi connectivity index (χ4n) is 2.96. The molecule has 1 saturated carbocycles. The zero-order valence-electron chi connectivity index (χ0n) is 10.6. The first-order valence-corrected chi connectivity index (χ1v) is 6.81. The molecule has 1 N–H and O–H groups in total. The Bertz CT molecular complexity index is 264. The van der Waals surface area contributed by atoms with E-state index in [-0.39, 0.29) is 11.9 Å². The molecule has 0 radical (unpaired) electrons. The molecule has 1 aliphatic heterocycles. The molecule has 1 amide bonds. The number of alkyl halides is 1. The summed E-state index contributed by atoms with van der Waals surface area (Å²) in [7, 11) is 1.83. The van der Waals surface area contributed by atoms with E-state index in [0.717, 1.165) is 12.8 Å². The third-order valence-corrected chi connectivity index (χ3v) is 4.00. The fraction of sp³-hybridized carbons (Fsp3) is 0.923. The third-order valence-electron chi connectivity index (χ3n) is 4.00. The summed E-state index contributed by atoms with van der Waals surface area (Å²) in [6.07, 6.45) is 6.65. The Morgan fingerprint density at radius 2 is 1.88 bits per heavy atom. The summed E-state index contributed by atoms with van der Waals surface area (Å²) in [5.41, 5.74) is 0. The molecule has 1 aliphatic carbocycles. The van der Waals surface area contributed by atoms with Crippen molar-refractivity contribution in [3.8, 4) is 0 Å². The van der Waals surface area contributed by atoms with E-state index in [1.165, 1.54) is 25.7 Å². The second-order valence-electron chi connectivity index (χ2n) is 5.49. The van der Waals surface area contributed by atoms with Gasteiger partial charge in [-0.05, 0) is 19.9 Å². The van der Waals surface area contributed by atoms with Crippen molar-refractivity contribution in [2.24, 2.45) is 0 Å². The average molecular weight is 242 g/mol. The molecule has 98 valence electrons. The summed E-state index contributed by atoms with van der Waals surface area (Å²) in [5, 5.41) is 3.10. The molecule has 0 aromatic carbocycles. The number of rotatable bonds is 2. The molecule has 0 spiro atoms. The smallest absolute Gasteiger partial charge is 0.237 e. The Labute approximate surface area is 103 Å². The molecule has 3 nitrogen and oxygen atoms in total. The molecule has 2 rings (SSSR count). The second-order valence-corrected chi connectivity index (χ2v) is 5.49. The molecule has 17 heavy (non-hydrogen) atoms. The predicted octanol–water partition coefficient (Wildman–Crippen LogP) is 1.87. The van der Waals surface area contributed by atoms with Gasteiger partial charge in [-0.25, -0.2) is 4.39 Å². The number of amides is 1. The quantitative estimate of drug-likeness (QED) is 0.750. The van der Waals surface area contributed by atoms with Gasteiger partial charge in [0.2, 0.25) is 5.91 Å². The van der Waals surface area contributed by atoms with Crippen molar-refractivity contribution in [3.05, 3.63) is 0 Å². The lowest BCUT2D eigenvalue weighted by molar-refractivity contribution is -0.125. The Morgan fingerprint density at radius 1 is 1.24 bits per heavy atom. The predicted molar refractivity (Wildman–Crippen MR) is 65.6 cm³/mol. The maximum atomic E-state index is 13.2. The molecule has 0 aromatic heterocycles. The summed E-state index contributed by atoms with van der Waals surface area (Å²) in [5.74, 6) is 0.0274. The summed E-state index contributed by atoms with van der Waals surface area (Å²) in [6.45, 7) is 0.392. The maximum Gasteiger partial charge on any atom is 0.237 e. The average Bonchev–Trinajstić information content (AvgIpc) is 2.51. The highest BCUT2D eigenvalue weighted by Gasteiger charge is 2.35. The Hall–Kier alpha value is -0.640. The summed E-state index contributed by atoms with van der Waals surface area (Å²) >= 11 is 0. The number of hydrogen-bond acceptors (Lipinski definition) is 2. The molecule has 2 aliphatic rings. The monoisotopic (exact) mass is 242 g/mol. The SMILES string of the molecule is CN1C[C@@H](F)C[C@H]1C(=O)NC1CCCCCC1.